The Hall–Kier alpha value is -3.63. The Morgan fingerprint density at radius 2 is 2.09 bits per heavy atom. The van der Waals surface area contributed by atoms with Crippen LogP contribution >= 0.6 is 0 Å². The quantitative estimate of drug-likeness (QED) is 0.632. The number of nitrogens with zero attached hydrogens (tertiary/aromatic N) is 6. The summed E-state index contributed by atoms with van der Waals surface area (Å²) in [5, 5.41) is 3.28. The van der Waals surface area contributed by atoms with Gasteiger partial charge in [0.1, 0.15) is 16.9 Å². The fourth-order valence-corrected chi connectivity index (χ4v) is 4.61. The molecule has 0 bridgehead atoms. The summed E-state index contributed by atoms with van der Waals surface area (Å²) in [6, 6.07) is 4.96. The number of fused-ring (bicyclic) bond motifs is 4. The standard InChI is InChI=1S/C22H23F2N7O2/c1-2-25-22-26-9-15-19(28-22)30-8-4-5-13(30)10-31(21(15)33)16-7-3-6-14-18(16)27-12-29(20(14)32)11-17(23)24/h3,6-7,9,12-13,17H,2,4-5,8,10-11H2,1H3,(H,25,26,28)/t13-/m0/s1. The number of carbonyl (C=O) groups excluding carboxylic acids is 1. The lowest BCUT2D eigenvalue weighted by Gasteiger charge is -2.27. The lowest BCUT2D eigenvalue weighted by atomic mass is 10.1. The van der Waals surface area contributed by atoms with Gasteiger partial charge in [0.25, 0.3) is 17.9 Å². The third kappa shape index (κ3) is 3.66. The average molecular weight is 455 g/mol. The first-order valence-electron chi connectivity index (χ1n) is 10.9. The van der Waals surface area contributed by atoms with Crippen molar-refractivity contribution in [3.8, 4) is 0 Å². The van der Waals surface area contributed by atoms with Crippen molar-refractivity contribution in [3.63, 3.8) is 0 Å². The molecule has 2 aromatic heterocycles. The largest absolute Gasteiger partial charge is 0.354 e. The zero-order chi connectivity index (χ0) is 23.1. The van der Waals surface area contributed by atoms with Crippen molar-refractivity contribution in [3.05, 3.63) is 46.6 Å². The van der Waals surface area contributed by atoms with Crippen LogP contribution in [0.2, 0.25) is 0 Å². The summed E-state index contributed by atoms with van der Waals surface area (Å²) in [4.78, 5) is 43.4. The highest BCUT2D eigenvalue weighted by Crippen LogP contribution is 2.35. The fourth-order valence-electron chi connectivity index (χ4n) is 4.61. The Morgan fingerprint density at radius 1 is 1.24 bits per heavy atom. The molecule has 4 heterocycles. The van der Waals surface area contributed by atoms with Crippen LogP contribution in [0, 0.1) is 0 Å². The van der Waals surface area contributed by atoms with Crippen LogP contribution in [0.5, 0.6) is 0 Å². The highest BCUT2D eigenvalue weighted by Gasteiger charge is 2.38. The Labute approximate surface area is 188 Å². The predicted octanol–water partition coefficient (Wildman–Crippen LogP) is 2.51. The normalized spacial score (nSPS) is 17.9. The van der Waals surface area contributed by atoms with Gasteiger partial charge in [-0.15, -0.1) is 0 Å². The maximum atomic E-state index is 13.7. The zero-order valence-electron chi connectivity index (χ0n) is 18.0. The minimum Gasteiger partial charge on any atom is -0.354 e. The molecule has 1 saturated heterocycles. The molecule has 0 spiro atoms. The number of amides is 1. The number of aromatic nitrogens is 4. The molecule has 0 radical (unpaired) electrons. The lowest BCUT2D eigenvalue weighted by molar-refractivity contribution is 0.0988. The number of hydrogen-bond acceptors (Lipinski definition) is 7. The molecule has 1 fully saturated rings. The molecule has 1 N–H and O–H groups in total. The van der Waals surface area contributed by atoms with E-state index in [1.807, 2.05) is 6.92 Å². The number of nitrogens with one attached hydrogen (secondary N) is 1. The highest BCUT2D eigenvalue weighted by molar-refractivity contribution is 6.13. The molecule has 33 heavy (non-hydrogen) atoms. The monoisotopic (exact) mass is 455 g/mol. The lowest BCUT2D eigenvalue weighted by Crippen LogP contribution is -2.40. The summed E-state index contributed by atoms with van der Waals surface area (Å²) < 4.78 is 26.6. The zero-order valence-corrected chi connectivity index (χ0v) is 18.0. The highest BCUT2D eigenvalue weighted by atomic mass is 19.3. The molecule has 172 valence electrons. The van der Waals surface area contributed by atoms with Crippen molar-refractivity contribution in [1.82, 2.24) is 19.5 Å². The van der Waals surface area contributed by atoms with Crippen LogP contribution in [0.4, 0.5) is 26.2 Å². The van der Waals surface area contributed by atoms with Crippen LogP contribution in [0.15, 0.2) is 35.5 Å². The van der Waals surface area contributed by atoms with Crippen LogP contribution < -0.4 is 20.7 Å². The van der Waals surface area contributed by atoms with Gasteiger partial charge < -0.3 is 15.1 Å². The average Bonchev–Trinajstić information content (AvgIpc) is 3.23. The number of hydrogen-bond donors (Lipinski definition) is 1. The predicted molar refractivity (Wildman–Crippen MR) is 120 cm³/mol. The number of carbonyl (C=O) groups is 1. The minimum absolute atomic E-state index is 0.0500. The van der Waals surface area contributed by atoms with E-state index in [1.165, 1.54) is 6.20 Å². The van der Waals surface area contributed by atoms with Crippen LogP contribution in [0.25, 0.3) is 10.9 Å². The van der Waals surface area contributed by atoms with Gasteiger partial charge in [-0.1, -0.05) is 6.07 Å². The first-order chi connectivity index (χ1) is 16.0. The molecule has 2 aliphatic rings. The van der Waals surface area contributed by atoms with Gasteiger partial charge in [0.15, 0.2) is 0 Å². The van der Waals surface area contributed by atoms with Gasteiger partial charge in [-0.3, -0.25) is 14.2 Å². The number of halogens is 2. The first-order valence-corrected chi connectivity index (χ1v) is 10.9. The van der Waals surface area contributed by atoms with Gasteiger partial charge in [-0.25, -0.2) is 18.7 Å². The first kappa shape index (κ1) is 21.2. The van der Waals surface area contributed by atoms with E-state index in [1.54, 1.807) is 23.1 Å². The Balaban J connectivity index is 1.63. The van der Waals surface area contributed by atoms with Gasteiger partial charge in [-0.2, -0.15) is 4.98 Å². The van der Waals surface area contributed by atoms with Gasteiger partial charge in [0, 0.05) is 31.9 Å². The summed E-state index contributed by atoms with van der Waals surface area (Å²) in [6.07, 6.45) is 1.84. The second-order valence-corrected chi connectivity index (χ2v) is 8.13. The molecule has 9 nitrogen and oxygen atoms in total. The molecule has 1 amide bonds. The van der Waals surface area contributed by atoms with Crippen LogP contribution in [-0.4, -0.2) is 57.5 Å². The Kier molecular flexibility index (Phi) is 5.39. The molecule has 2 aliphatic heterocycles. The maximum absolute atomic E-state index is 13.7. The smallest absolute Gasteiger partial charge is 0.263 e. The molecular weight excluding hydrogens is 432 g/mol. The van der Waals surface area contributed by atoms with Gasteiger partial charge in [0.05, 0.1) is 23.9 Å². The third-order valence-electron chi connectivity index (χ3n) is 6.08. The molecule has 3 aromatic rings. The van der Waals surface area contributed by atoms with E-state index in [4.69, 9.17) is 0 Å². The van der Waals surface area contributed by atoms with Crippen molar-refractivity contribution in [2.45, 2.75) is 38.8 Å². The van der Waals surface area contributed by atoms with E-state index in [0.29, 0.717) is 41.6 Å². The van der Waals surface area contributed by atoms with Crippen molar-refractivity contribution in [2.24, 2.45) is 0 Å². The van der Waals surface area contributed by atoms with E-state index in [0.717, 1.165) is 30.3 Å². The van der Waals surface area contributed by atoms with E-state index in [9.17, 15) is 18.4 Å². The van der Waals surface area contributed by atoms with Crippen molar-refractivity contribution in [1.29, 1.82) is 0 Å². The van der Waals surface area contributed by atoms with E-state index in [-0.39, 0.29) is 17.3 Å². The Bertz CT molecular complexity index is 1280. The number of benzene rings is 1. The molecular formula is C22H23F2N7O2. The minimum atomic E-state index is -2.67. The number of anilines is 3. The van der Waals surface area contributed by atoms with E-state index in [2.05, 4.69) is 25.2 Å². The van der Waals surface area contributed by atoms with Gasteiger partial charge in [0.2, 0.25) is 5.95 Å². The molecule has 11 heteroatoms. The van der Waals surface area contributed by atoms with Crippen LogP contribution in [0.1, 0.15) is 30.1 Å². The molecule has 1 atom stereocenters. The summed E-state index contributed by atoms with van der Waals surface area (Å²) in [5.41, 5.74) is 0.587. The second kappa shape index (κ2) is 8.38. The number of rotatable bonds is 5. The molecule has 0 aliphatic carbocycles. The van der Waals surface area contributed by atoms with E-state index >= 15 is 0 Å². The van der Waals surface area contributed by atoms with Gasteiger partial charge in [-0.05, 0) is 31.9 Å². The molecule has 0 unspecified atom stereocenters. The van der Waals surface area contributed by atoms with Crippen molar-refractivity contribution >= 4 is 34.3 Å². The Morgan fingerprint density at radius 3 is 2.88 bits per heavy atom. The van der Waals surface area contributed by atoms with Crippen LogP contribution in [-0.2, 0) is 6.54 Å². The third-order valence-corrected chi connectivity index (χ3v) is 6.08. The summed E-state index contributed by atoms with van der Waals surface area (Å²) in [5.74, 6) is 0.784. The van der Waals surface area contributed by atoms with Crippen molar-refractivity contribution < 1.29 is 13.6 Å². The maximum Gasteiger partial charge on any atom is 0.263 e. The number of alkyl halides is 2. The molecule has 5 rings (SSSR count). The fraction of sp³-hybridized carbons (Fsp3) is 0.409. The number of para-hydroxylation sites is 1. The van der Waals surface area contributed by atoms with Crippen LogP contribution in [0.3, 0.4) is 0 Å². The second-order valence-electron chi connectivity index (χ2n) is 8.13. The van der Waals surface area contributed by atoms with E-state index < -0.39 is 18.5 Å². The summed E-state index contributed by atoms with van der Waals surface area (Å²) >= 11 is 0. The van der Waals surface area contributed by atoms with Gasteiger partial charge >= 0.3 is 0 Å². The SMILES string of the molecule is CCNc1ncc2c(n1)N1CCC[C@H]1CN(c1cccc3c(=O)n(CC(F)F)cnc13)C2=O. The topological polar surface area (TPSA) is 96.2 Å². The summed E-state index contributed by atoms with van der Waals surface area (Å²) in [7, 11) is 0. The summed E-state index contributed by atoms with van der Waals surface area (Å²) in [6.45, 7) is 3.06. The van der Waals surface area contributed by atoms with Crippen molar-refractivity contribution in [2.75, 3.05) is 34.8 Å². The molecule has 1 aromatic carbocycles. The molecule has 0 saturated carbocycles.